The number of carbonyl (C=O) groups excluding carboxylic acids is 1. The Morgan fingerprint density at radius 3 is 2.15 bits per heavy atom. The second kappa shape index (κ2) is 6.01. The number of esters is 1. The van der Waals surface area contributed by atoms with Crippen LogP contribution in [0.4, 0.5) is 0 Å². The minimum absolute atomic E-state index is 0.220. The van der Waals surface area contributed by atoms with Gasteiger partial charge in [0.2, 0.25) is 0 Å². The molecule has 20 heavy (non-hydrogen) atoms. The van der Waals surface area contributed by atoms with E-state index >= 15 is 0 Å². The molecule has 0 radical (unpaired) electrons. The highest BCUT2D eigenvalue weighted by atomic mass is 16.5. The van der Waals surface area contributed by atoms with Gasteiger partial charge >= 0.3 is 17.9 Å². The zero-order chi connectivity index (χ0) is 15.4. The minimum atomic E-state index is -1.36. The standard InChI is InChI=1S/C14H14O6/c1-7(2)14(19)20-8(3)9-4-5-10(12(15)16)11(6-9)13(17)18/h4-6,8H,1H2,2-3H3,(H,15,16)(H,17,18). The quantitative estimate of drug-likeness (QED) is 0.633. The summed E-state index contributed by atoms with van der Waals surface area (Å²) in [6, 6.07) is 3.76. The first-order valence-electron chi connectivity index (χ1n) is 5.71. The largest absolute Gasteiger partial charge is 0.478 e. The Balaban J connectivity index is 3.12. The van der Waals surface area contributed by atoms with Gasteiger partial charge in [-0.15, -0.1) is 0 Å². The summed E-state index contributed by atoms with van der Waals surface area (Å²) in [5, 5.41) is 17.9. The Labute approximate surface area is 115 Å². The summed E-state index contributed by atoms with van der Waals surface area (Å²) in [7, 11) is 0. The van der Waals surface area contributed by atoms with Gasteiger partial charge < -0.3 is 14.9 Å². The van der Waals surface area contributed by atoms with E-state index in [-0.39, 0.29) is 16.7 Å². The van der Waals surface area contributed by atoms with Crippen molar-refractivity contribution in [3.8, 4) is 0 Å². The van der Waals surface area contributed by atoms with Gasteiger partial charge in [0.05, 0.1) is 11.1 Å². The van der Waals surface area contributed by atoms with Crippen LogP contribution in [0.5, 0.6) is 0 Å². The van der Waals surface area contributed by atoms with Gasteiger partial charge in [0.25, 0.3) is 0 Å². The van der Waals surface area contributed by atoms with Crippen molar-refractivity contribution in [2.45, 2.75) is 20.0 Å². The van der Waals surface area contributed by atoms with E-state index in [2.05, 4.69) is 6.58 Å². The van der Waals surface area contributed by atoms with Crippen LogP contribution in [0.2, 0.25) is 0 Å². The first kappa shape index (κ1) is 15.4. The molecule has 1 aromatic rings. The molecule has 0 aliphatic carbocycles. The first-order valence-corrected chi connectivity index (χ1v) is 5.71. The van der Waals surface area contributed by atoms with Gasteiger partial charge in [-0.1, -0.05) is 12.6 Å². The number of aromatic carboxylic acids is 2. The molecule has 0 aromatic heterocycles. The van der Waals surface area contributed by atoms with Crippen LogP contribution in [0.25, 0.3) is 0 Å². The van der Waals surface area contributed by atoms with Crippen LogP contribution in [0, 0.1) is 0 Å². The number of benzene rings is 1. The maximum atomic E-state index is 11.4. The normalized spacial score (nSPS) is 11.5. The molecule has 0 saturated carbocycles. The van der Waals surface area contributed by atoms with E-state index in [0.717, 1.165) is 0 Å². The third-order valence-electron chi connectivity index (χ3n) is 2.61. The average molecular weight is 278 g/mol. The van der Waals surface area contributed by atoms with E-state index in [1.165, 1.54) is 25.1 Å². The van der Waals surface area contributed by atoms with Crippen LogP contribution in [0.15, 0.2) is 30.4 Å². The molecule has 0 fully saturated rings. The van der Waals surface area contributed by atoms with E-state index in [9.17, 15) is 14.4 Å². The lowest BCUT2D eigenvalue weighted by molar-refractivity contribution is -0.143. The number of rotatable bonds is 5. The highest BCUT2D eigenvalue weighted by Gasteiger charge is 2.19. The molecular weight excluding hydrogens is 264 g/mol. The Morgan fingerprint density at radius 2 is 1.70 bits per heavy atom. The van der Waals surface area contributed by atoms with Crippen molar-refractivity contribution in [1.29, 1.82) is 0 Å². The number of carboxylic acid groups (broad SMARTS) is 2. The summed E-state index contributed by atoms with van der Waals surface area (Å²) in [4.78, 5) is 33.3. The van der Waals surface area contributed by atoms with Crippen LogP contribution in [0.3, 0.4) is 0 Å². The molecule has 0 aliphatic heterocycles. The van der Waals surface area contributed by atoms with E-state index in [1.54, 1.807) is 6.92 Å². The van der Waals surface area contributed by atoms with Gasteiger partial charge in [-0.25, -0.2) is 14.4 Å². The van der Waals surface area contributed by atoms with Crippen molar-refractivity contribution in [1.82, 2.24) is 0 Å². The maximum absolute atomic E-state index is 11.4. The third kappa shape index (κ3) is 3.44. The summed E-state index contributed by atoms with van der Waals surface area (Å²) in [5.41, 5.74) is -0.0626. The lowest BCUT2D eigenvalue weighted by atomic mass is 10.0. The molecular formula is C14H14O6. The molecule has 1 rings (SSSR count). The van der Waals surface area contributed by atoms with Gasteiger partial charge in [0.15, 0.2) is 0 Å². The Morgan fingerprint density at radius 1 is 1.15 bits per heavy atom. The molecule has 0 bridgehead atoms. The van der Waals surface area contributed by atoms with Crippen molar-refractivity contribution in [2.24, 2.45) is 0 Å². The molecule has 2 N–H and O–H groups in total. The molecule has 1 unspecified atom stereocenters. The fourth-order valence-corrected chi connectivity index (χ4v) is 1.51. The number of hydrogen-bond acceptors (Lipinski definition) is 4. The van der Waals surface area contributed by atoms with Gasteiger partial charge in [-0.05, 0) is 31.5 Å². The van der Waals surface area contributed by atoms with Crippen LogP contribution < -0.4 is 0 Å². The van der Waals surface area contributed by atoms with E-state index in [1.807, 2.05) is 0 Å². The molecule has 6 heteroatoms. The molecule has 0 heterocycles. The maximum Gasteiger partial charge on any atom is 0.336 e. The Hall–Kier alpha value is -2.63. The monoisotopic (exact) mass is 278 g/mol. The number of hydrogen-bond donors (Lipinski definition) is 2. The predicted octanol–water partition coefficient (Wildman–Crippen LogP) is 2.26. The summed E-state index contributed by atoms with van der Waals surface area (Å²) >= 11 is 0. The topological polar surface area (TPSA) is 101 Å². The van der Waals surface area contributed by atoms with Crippen molar-refractivity contribution in [3.63, 3.8) is 0 Å². The van der Waals surface area contributed by atoms with Crippen LogP contribution >= 0.6 is 0 Å². The molecule has 1 atom stereocenters. The fourth-order valence-electron chi connectivity index (χ4n) is 1.51. The summed E-state index contributed by atoms with van der Waals surface area (Å²) < 4.78 is 5.05. The molecule has 106 valence electrons. The second-order valence-electron chi connectivity index (χ2n) is 4.24. The third-order valence-corrected chi connectivity index (χ3v) is 2.61. The van der Waals surface area contributed by atoms with Gasteiger partial charge in [-0.3, -0.25) is 0 Å². The Kier molecular flexibility index (Phi) is 4.63. The fraction of sp³-hybridized carbons (Fsp3) is 0.214. The lowest BCUT2D eigenvalue weighted by Crippen LogP contribution is -2.12. The summed E-state index contributed by atoms with van der Waals surface area (Å²) in [6.07, 6.45) is -0.708. The molecule has 6 nitrogen and oxygen atoms in total. The zero-order valence-corrected chi connectivity index (χ0v) is 11.0. The molecule has 1 aromatic carbocycles. The minimum Gasteiger partial charge on any atom is -0.478 e. The van der Waals surface area contributed by atoms with Gasteiger partial charge in [0.1, 0.15) is 6.10 Å². The van der Waals surface area contributed by atoms with Crippen LogP contribution in [-0.2, 0) is 9.53 Å². The van der Waals surface area contributed by atoms with Crippen LogP contribution in [-0.4, -0.2) is 28.1 Å². The molecule has 0 spiro atoms. The van der Waals surface area contributed by atoms with Crippen LogP contribution in [0.1, 0.15) is 46.2 Å². The first-order chi connectivity index (χ1) is 9.23. The smallest absolute Gasteiger partial charge is 0.336 e. The molecule has 0 amide bonds. The van der Waals surface area contributed by atoms with E-state index in [4.69, 9.17) is 14.9 Å². The second-order valence-corrected chi connectivity index (χ2v) is 4.24. The van der Waals surface area contributed by atoms with Gasteiger partial charge in [-0.2, -0.15) is 0 Å². The number of ether oxygens (including phenoxy) is 1. The highest BCUT2D eigenvalue weighted by Crippen LogP contribution is 2.21. The predicted molar refractivity (Wildman–Crippen MR) is 69.7 cm³/mol. The number of carbonyl (C=O) groups is 3. The summed E-state index contributed by atoms with van der Waals surface area (Å²) in [5.74, 6) is -3.29. The van der Waals surface area contributed by atoms with Crippen molar-refractivity contribution in [3.05, 3.63) is 47.0 Å². The average Bonchev–Trinajstić information content (AvgIpc) is 2.37. The number of carboxylic acids is 2. The zero-order valence-electron chi connectivity index (χ0n) is 11.0. The van der Waals surface area contributed by atoms with Gasteiger partial charge in [0, 0.05) is 5.57 Å². The summed E-state index contributed by atoms with van der Waals surface area (Å²) in [6.45, 7) is 6.49. The van der Waals surface area contributed by atoms with Crippen molar-refractivity contribution in [2.75, 3.05) is 0 Å². The van der Waals surface area contributed by atoms with E-state index in [0.29, 0.717) is 5.56 Å². The SMILES string of the molecule is C=C(C)C(=O)OC(C)c1ccc(C(=O)O)c(C(=O)O)c1. The van der Waals surface area contributed by atoms with Crippen molar-refractivity contribution < 1.29 is 29.3 Å². The molecule has 0 aliphatic rings. The lowest BCUT2D eigenvalue weighted by Gasteiger charge is -2.14. The van der Waals surface area contributed by atoms with E-state index < -0.39 is 24.0 Å². The Bertz CT molecular complexity index is 587. The molecule has 0 saturated heterocycles. The van der Waals surface area contributed by atoms with Crippen molar-refractivity contribution >= 4 is 17.9 Å². The highest BCUT2D eigenvalue weighted by molar-refractivity contribution is 6.01.